The highest BCUT2D eigenvalue weighted by atomic mass is 35.5. The van der Waals surface area contributed by atoms with Crippen molar-refractivity contribution < 1.29 is 0 Å². The van der Waals surface area contributed by atoms with Crippen LogP contribution in [-0.2, 0) is 7.05 Å². The first-order chi connectivity index (χ1) is 13.7. The lowest BCUT2D eigenvalue weighted by Crippen LogP contribution is -1.93. The minimum Gasteiger partial charge on any atom is -0.354 e. The lowest BCUT2D eigenvalue weighted by Gasteiger charge is -2.01. The van der Waals surface area contributed by atoms with Gasteiger partial charge in [-0.1, -0.05) is 35.9 Å². The van der Waals surface area contributed by atoms with Crippen molar-refractivity contribution in [3.63, 3.8) is 0 Å². The molecule has 0 radical (unpaired) electrons. The number of hydrogen-bond donors (Lipinski definition) is 1. The van der Waals surface area contributed by atoms with E-state index >= 15 is 0 Å². The molecule has 0 saturated carbocycles. The van der Waals surface area contributed by atoms with Crippen molar-refractivity contribution in [3.8, 4) is 33.8 Å². The van der Waals surface area contributed by atoms with E-state index in [1.807, 2.05) is 54.3 Å². The van der Waals surface area contributed by atoms with Crippen LogP contribution in [0.25, 0.3) is 44.7 Å². The molecule has 0 spiro atoms. The minimum absolute atomic E-state index is 0.738. The Morgan fingerprint density at radius 3 is 2.64 bits per heavy atom. The van der Waals surface area contributed by atoms with Gasteiger partial charge in [-0.2, -0.15) is 5.10 Å². The van der Waals surface area contributed by atoms with Crippen LogP contribution >= 0.6 is 11.6 Å². The molecule has 4 nitrogen and oxygen atoms in total. The van der Waals surface area contributed by atoms with Gasteiger partial charge in [-0.05, 0) is 42.5 Å². The summed E-state index contributed by atoms with van der Waals surface area (Å²) in [4.78, 5) is 7.65. The molecule has 0 aliphatic rings. The summed E-state index contributed by atoms with van der Waals surface area (Å²) in [6.07, 6.45) is 3.60. The molecule has 5 heteroatoms. The predicted molar refractivity (Wildman–Crippen MR) is 114 cm³/mol. The number of nitrogens with one attached hydrogen (secondary N) is 1. The predicted octanol–water partition coefficient (Wildman–Crippen LogP) is 5.95. The number of nitrogens with zero attached hydrogens (tertiary/aromatic N) is 3. The highest BCUT2D eigenvalue weighted by molar-refractivity contribution is 6.33. The molecule has 1 N–H and O–H groups in total. The average Bonchev–Trinajstić information content (AvgIpc) is 3.32. The second-order valence-electron chi connectivity index (χ2n) is 6.75. The summed E-state index contributed by atoms with van der Waals surface area (Å²) in [6.45, 7) is 0. The second kappa shape index (κ2) is 6.66. The zero-order valence-electron chi connectivity index (χ0n) is 15.2. The molecule has 28 heavy (non-hydrogen) atoms. The Morgan fingerprint density at radius 1 is 0.929 bits per heavy atom. The van der Waals surface area contributed by atoms with E-state index in [9.17, 15) is 0 Å². The molecule has 0 saturated heterocycles. The number of H-pyrrole nitrogens is 1. The lowest BCUT2D eigenvalue weighted by molar-refractivity contribution is 0.779. The quantitative estimate of drug-likeness (QED) is 0.417. The van der Waals surface area contributed by atoms with E-state index in [1.54, 1.807) is 6.20 Å². The minimum atomic E-state index is 0.738. The fourth-order valence-corrected chi connectivity index (χ4v) is 3.75. The second-order valence-corrected chi connectivity index (χ2v) is 7.15. The molecule has 5 aromatic rings. The number of rotatable bonds is 3. The summed E-state index contributed by atoms with van der Waals surface area (Å²) in [5.41, 5.74) is 7.18. The Kier molecular flexibility index (Phi) is 3.99. The molecule has 3 aromatic heterocycles. The fraction of sp³-hybridized carbons (Fsp3) is 0.0435. The number of fused-ring (bicyclic) bond motifs is 1. The van der Waals surface area contributed by atoms with Crippen LogP contribution in [0.5, 0.6) is 0 Å². The van der Waals surface area contributed by atoms with Gasteiger partial charge in [0.2, 0.25) is 0 Å². The number of aryl methyl sites for hydroxylation is 1. The molecule has 0 amide bonds. The van der Waals surface area contributed by atoms with E-state index < -0.39 is 0 Å². The third kappa shape index (κ3) is 2.88. The van der Waals surface area contributed by atoms with E-state index in [-0.39, 0.29) is 0 Å². The average molecular weight is 385 g/mol. The van der Waals surface area contributed by atoms with Gasteiger partial charge in [-0.25, -0.2) is 0 Å². The van der Waals surface area contributed by atoms with Crippen LogP contribution in [-0.4, -0.2) is 19.7 Å². The van der Waals surface area contributed by atoms with Crippen molar-refractivity contribution in [1.82, 2.24) is 19.7 Å². The largest absolute Gasteiger partial charge is 0.354 e. The summed E-state index contributed by atoms with van der Waals surface area (Å²) < 4.78 is 1.91. The van der Waals surface area contributed by atoms with Crippen molar-refractivity contribution in [2.24, 2.45) is 7.05 Å². The smallest absolute Gasteiger partial charge is 0.0945 e. The summed E-state index contributed by atoms with van der Waals surface area (Å²) in [6, 6.07) is 22.4. The molecule has 0 fully saturated rings. The summed E-state index contributed by atoms with van der Waals surface area (Å²) in [7, 11) is 1.96. The molecule has 0 atom stereocenters. The van der Waals surface area contributed by atoms with Gasteiger partial charge in [0.1, 0.15) is 0 Å². The van der Waals surface area contributed by atoms with E-state index in [1.165, 1.54) is 0 Å². The molecular formula is C23H17ClN4. The van der Waals surface area contributed by atoms with Gasteiger partial charge in [0.25, 0.3) is 0 Å². The van der Waals surface area contributed by atoms with Gasteiger partial charge in [-0.15, -0.1) is 0 Å². The van der Waals surface area contributed by atoms with Gasteiger partial charge in [-0.3, -0.25) is 9.67 Å². The molecule has 3 heterocycles. The first-order valence-electron chi connectivity index (χ1n) is 9.01. The van der Waals surface area contributed by atoms with Crippen LogP contribution in [0, 0.1) is 0 Å². The van der Waals surface area contributed by atoms with E-state index in [0.29, 0.717) is 0 Å². The van der Waals surface area contributed by atoms with Crippen LogP contribution < -0.4 is 0 Å². The number of aromatic amines is 1. The Morgan fingerprint density at radius 2 is 1.82 bits per heavy atom. The van der Waals surface area contributed by atoms with E-state index in [0.717, 1.165) is 49.7 Å². The number of hydrogen-bond acceptors (Lipinski definition) is 2. The standard InChI is InChI=1S/C23H17ClN4/c1-28-23(13-21(27-28)16-5-4-10-25-14-16)15-8-9-20-17(11-15)12-22(26-20)18-6-2-3-7-19(18)24/h2-14,26H,1H3. The Labute approximate surface area is 167 Å². The number of benzene rings is 2. The van der Waals surface area contributed by atoms with Gasteiger partial charge in [0.15, 0.2) is 0 Å². The normalized spacial score (nSPS) is 11.2. The van der Waals surface area contributed by atoms with Crippen molar-refractivity contribution in [2.75, 3.05) is 0 Å². The van der Waals surface area contributed by atoms with Crippen molar-refractivity contribution in [1.29, 1.82) is 0 Å². The third-order valence-corrected chi connectivity index (χ3v) is 5.25. The number of pyridine rings is 1. The van der Waals surface area contributed by atoms with E-state index in [2.05, 4.69) is 45.4 Å². The first-order valence-corrected chi connectivity index (χ1v) is 9.39. The van der Waals surface area contributed by atoms with Crippen LogP contribution in [0.3, 0.4) is 0 Å². The molecule has 2 aromatic carbocycles. The lowest BCUT2D eigenvalue weighted by atomic mass is 10.1. The van der Waals surface area contributed by atoms with Crippen LogP contribution in [0.1, 0.15) is 0 Å². The van der Waals surface area contributed by atoms with Crippen molar-refractivity contribution in [3.05, 3.63) is 84.1 Å². The molecule has 5 rings (SSSR count). The van der Waals surface area contributed by atoms with Crippen LogP contribution in [0.2, 0.25) is 5.02 Å². The van der Waals surface area contributed by atoms with Crippen LogP contribution in [0.4, 0.5) is 0 Å². The molecule has 0 unspecified atom stereocenters. The summed E-state index contributed by atoms with van der Waals surface area (Å²) in [5.74, 6) is 0. The van der Waals surface area contributed by atoms with Crippen molar-refractivity contribution in [2.45, 2.75) is 0 Å². The zero-order chi connectivity index (χ0) is 19.1. The maximum atomic E-state index is 6.36. The van der Waals surface area contributed by atoms with Crippen LogP contribution in [0.15, 0.2) is 79.1 Å². The monoisotopic (exact) mass is 384 g/mol. The zero-order valence-corrected chi connectivity index (χ0v) is 16.0. The Balaban J connectivity index is 1.57. The first kappa shape index (κ1) is 16.8. The maximum Gasteiger partial charge on any atom is 0.0945 e. The Bertz CT molecular complexity index is 1280. The topological polar surface area (TPSA) is 46.5 Å². The van der Waals surface area contributed by atoms with Gasteiger partial charge < -0.3 is 4.98 Å². The number of halogens is 1. The number of aromatic nitrogens is 4. The summed E-state index contributed by atoms with van der Waals surface area (Å²) in [5, 5.41) is 6.53. The molecular weight excluding hydrogens is 368 g/mol. The third-order valence-electron chi connectivity index (χ3n) is 4.92. The molecule has 0 bridgehead atoms. The van der Waals surface area contributed by atoms with Crippen molar-refractivity contribution >= 4 is 22.5 Å². The fourth-order valence-electron chi connectivity index (χ4n) is 3.51. The summed E-state index contributed by atoms with van der Waals surface area (Å²) >= 11 is 6.36. The molecule has 0 aliphatic carbocycles. The van der Waals surface area contributed by atoms with Gasteiger partial charge >= 0.3 is 0 Å². The molecule has 136 valence electrons. The van der Waals surface area contributed by atoms with E-state index in [4.69, 9.17) is 11.6 Å². The highest BCUT2D eigenvalue weighted by Gasteiger charge is 2.12. The Hall–Kier alpha value is -3.37. The van der Waals surface area contributed by atoms with Gasteiger partial charge in [0, 0.05) is 57.8 Å². The SMILES string of the molecule is Cn1nc(-c2cccnc2)cc1-c1ccc2[nH]c(-c3ccccc3Cl)cc2c1. The molecule has 0 aliphatic heterocycles. The maximum absolute atomic E-state index is 6.36. The highest BCUT2D eigenvalue weighted by Crippen LogP contribution is 2.32. The van der Waals surface area contributed by atoms with Gasteiger partial charge in [0.05, 0.1) is 11.4 Å².